The third-order valence-electron chi connectivity index (χ3n) is 3.72. The Balaban J connectivity index is 1.83. The molecule has 0 saturated heterocycles. The first-order valence-electron chi connectivity index (χ1n) is 7.69. The summed E-state index contributed by atoms with van der Waals surface area (Å²) in [6.07, 6.45) is 2.03. The Kier molecular flexibility index (Phi) is 5.11. The van der Waals surface area contributed by atoms with E-state index in [4.69, 9.17) is 0 Å². The lowest BCUT2D eigenvalue weighted by Gasteiger charge is -2.09. The van der Waals surface area contributed by atoms with Crippen molar-refractivity contribution in [3.63, 3.8) is 0 Å². The topological polar surface area (TPSA) is 59.1 Å². The zero-order valence-electron chi connectivity index (χ0n) is 13.9. The molecule has 6 heteroatoms. The van der Waals surface area contributed by atoms with Gasteiger partial charge >= 0.3 is 0 Å². The van der Waals surface area contributed by atoms with Crippen LogP contribution in [0, 0.1) is 6.92 Å². The van der Waals surface area contributed by atoms with Crippen LogP contribution in [0.25, 0.3) is 11.1 Å². The highest BCUT2D eigenvalue weighted by molar-refractivity contribution is 7.98. The van der Waals surface area contributed by atoms with Crippen molar-refractivity contribution in [2.75, 3.05) is 11.0 Å². The SMILES string of the molecule is CSc1ccc(-c2ccc(S(=O)(=O)Nc3cccc(C)n3)cc2)cc1. The number of anilines is 1. The Morgan fingerprint density at radius 3 is 2.04 bits per heavy atom. The number of hydrogen-bond acceptors (Lipinski definition) is 4. The number of pyridine rings is 1. The number of sulfonamides is 1. The van der Waals surface area contributed by atoms with Crippen molar-refractivity contribution in [1.29, 1.82) is 0 Å². The van der Waals surface area contributed by atoms with Gasteiger partial charge in [-0.15, -0.1) is 11.8 Å². The molecule has 1 N–H and O–H groups in total. The van der Waals surface area contributed by atoms with Crippen molar-refractivity contribution in [3.05, 3.63) is 72.4 Å². The molecule has 3 aromatic rings. The van der Waals surface area contributed by atoms with Crippen LogP contribution in [0.1, 0.15) is 5.69 Å². The van der Waals surface area contributed by atoms with Gasteiger partial charge in [0.05, 0.1) is 4.90 Å². The van der Waals surface area contributed by atoms with E-state index in [-0.39, 0.29) is 4.90 Å². The van der Waals surface area contributed by atoms with E-state index in [9.17, 15) is 8.42 Å². The summed E-state index contributed by atoms with van der Waals surface area (Å²) >= 11 is 1.69. The molecule has 3 rings (SSSR count). The number of benzene rings is 2. The van der Waals surface area contributed by atoms with Crippen LogP contribution in [0.4, 0.5) is 5.82 Å². The van der Waals surface area contributed by atoms with Crippen LogP contribution in [0.5, 0.6) is 0 Å². The Hall–Kier alpha value is -2.31. The van der Waals surface area contributed by atoms with Crippen molar-refractivity contribution in [2.24, 2.45) is 0 Å². The number of nitrogens with one attached hydrogen (secondary N) is 1. The molecule has 0 amide bonds. The van der Waals surface area contributed by atoms with Gasteiger partial charge in [0, 0.05) is 10.6 Å². The van der Waals surface area contributed by atoms with Gasteiger partial charge in [0.1, 0.15) is 5.82 Å². The molecule has 0 unspecified atom stereocenters. The molecule has 1 aromatic heterocycles. The van der Waals surface area contributed by atoms with Gasteiger partial charge in [-0.25, -0.2) is 13.4 Å². The van der Waals surface area contributed by atoms with E-state index in [1.807, 2.05) is 43.5 Å². The van der Waals surface area contributed by atoms with Crippen LogP contribution in [-0.2, 0) is 10.0 Å². The van der Waals surface area contributed by atoms with Crippen LogP contribution in [0.3, 0.4) is 0 Å². The lowest BCUT2D eigenvalue weighted by Crippen LogP contribution is -2.14. The van der Waals surface area contributed by atoms with Crippen LogP contribution in [0.15, 0.2) is 76.5 Å². The molecular weight excluding hydrogens is 352 g/mol. The third kappa shape index (κ3) is 4.21. The number of aryl methyl sites for hydroxylation is 1. The zero-order valence-corrected chi connectivity index (χ0v) is 15.6. The first-order chi connectivity index (χ1) is 12.0. The van der Waals surface area contributed by atoms with Crippen molar-refractivity contribution in [3.8, 4) is 11.1 Å². The molecule has 0 fully saturated rings. The highest BCUT2D eigenvalue weighted by atomic mass is 32.2. The average molecular weight is 370 g/mol. The summed E-state index contributed by atoms with van der Waals surface area (Å²) in [6, 6.07) is 20.2. The van der Waals surface area contributed by atoms with Crippen molar-refractivity contribution < 1.29 is 8.42 Å². The Morgan fingerprint density at radius 2 is 1.48 bits per heavy atom. The highest BCUT2D eigenvalue weighted by Crippen LogP contribution is 2.24. The molecular formula is C19H18N2O2S2. The zero-order chi connectivity index (χ0) is 17.9. The van der Waals surface area contributed by atoms with Gasteiger partial charge < -0.3 is 0 Å². The molecule has 0 bridgehead atoms. The molecule has 128 valence electrons. The van der Waals surface area contributed by atoms with E-state index in [1.165, 1.54) is 4.90 Å². The van der Waals surface area contributed by atoms with Crippen LogP contribution in [-0.4, -0.2) is 19.7 Å². The molecule has 0 atom stereocenters. The van der Waals surface area contributed by atoms with E-state index in [0.717, 1.165) is 16.8 Å². The molecule has 4 nitrogen and oxygen atoms in total. The predicted molar refractivity (Wildman–Crippen MR) is 103 cm³/mol. The maximum absolute atomic E-state index is 12.5. The maximum Gasteiger partial charge on any atom is 0.263 e. The third-order valence-corrected chi connectivity index (χ3v) is 5.83. The first-order valence-corrected chi connectivity index (χ1v) is 10.4. The molecule has 0 saturated carbocycles. The highest BCUT2D eigenvalue weighted by Gasteiger charge is 2.15. The summed E-state index contributed by atoms with van der Waals surface area (Å²) in [5.74, 6) is 0.316. The van der Waals surface area contributed by atoms with Gasteiger partial charge in [0.15, 0.2) is 0 Å². The minimum atomic E-state index is -3.66. The lowest BCUT2D eigenvalue weighted by molar-refractivity contribution is 0.601. The number of nitrogens with zero attached hydrogens (tertiary/aromatic N) is 1. The largest absolute Gasteiger partial charge is 0.263 e. The molecule has 1 heterocycles. The van der Waals surface area contributed by atoms with E-state index >= 15 is 0 Å². The Morgan fingerprint density at radius 1 is 0.880 bits per heavy atom. The predicted octanol–water partition coefficient (Wildman–Crippen LogP) is 4.58. The number of hydrogen-bond donors (Lipinski definition) is 1. The quantitative estimate of drug-likeness (QED) is 0.668. The molecule has 0 spiro atoms. The summed E-state index contributed by atoms with van der Waals surface area (Å²) in [4.78, 5) is 5.57. The standard InChI is InChI=1S/C19H18N2O2S2/c1-14-4-3-5-19(20-14)21-25(22,23)18-12-8-16(9-13-18)15-6-10-17(24-2)11-7-15/h3-13H,1-2H3,(H,20,21). The fraction of sp³-hybridized carbons (Fsp3) is 0.105. The van der Waals surface area contributed by atoms with Crippen LogP contribution in [0.2, 0.25) is 0 Å². The van der Waals surface area contributed by atoms with Crippen molar-refractivity contribution in [2.45, 2.75) is 16.7 Å². The first kappa shape index (κ1) is 17.5. The normalized spacial score (nSPS) is 11.3. The van der Waals surface area contributed by atoms with Gasteiger partial charge in [0.25, 0.3) is 10.0 Å². The summed E-state index contributed by atoms with van der Waals surface area (Å²) in [6.45, 7) is 1.81. The van der Waals surface area contributed by atoms with Gasteiger partial charge in [-0.05, 0) is 60.7 Å². The lowest BCUT2D eigenvalue weighted by atomic mass is 10.1. The number of rotatable bonds is 5. The molecule has 0 radical (unpaired) electrons. The maximum atomic E-state index is 12.5. The second kappa shape index (κ2) is 7.29. The van der Waals surface area contributed by atoms with E-state index < -0.39 is 10.0 Å². The minimum absolute atomic E-state index is 0.209. The second-order valence-electron chi connectivity index (χ2n) is 5.52. The molecule has 25 heavy (non-hydrogen) atoms. The second-order valence-corrected chi connectivity index (χ2v) is 8.08. The Labute approximate surface area is 152 Å². The summed E-state index contributed by atoms with van der Waals surface area (Å²) in [7, 11) is -3.66. The monoisotopic (exact) mass is 370 g/mol. The van der Waals surface area contributed by atoms with Gasteiger partial charge in [-0.3, -0.25) is 4.72 Å². The van der Waals surface area contributed by atoms with Gasteiger partial charge in [-0.2, -0.15) is 0 Å². The van der Waals surface area contributed by atoms with Crippen LogP contribution >= 0.6 is 11.8 Å². The fourth-order valence-electron chi connectivity index (χ4n) is 2.41. The summed E-state index contributed by atoms with van der Waals surface area (Å²) in [5, 5.41) is 0. The summed E-state index contributed by atoms with van der Waals surface area (Å²) in [5.41, 5.74) is 2.78. The smallest absolute Gasteiger partial charge is 0.263 e. The van der Waals surface area contributed by atoms with E-state index in [1.54, 1.807) is 36.0 Å². The number of thioether (sulfide) groups is 1. The van der Waals surface area contributed by atoms with Crippen molar-refractivity contribution >= 4 is 27.6 Å². The molecule has 0 aliphatic heterocycles. The summed E-state index contributed by atoms with van der Waals surface area (Å²) < 4.78 is 27.5. The Bertz CT molecular complexity index is 967. The molecule has 0 aliphatic rings. The van der Waals surface area contributed by atoms with Gasteiger partial charge in [-0.1, -0.05) is 30.3 Å². The molecule has 0 aliphatic carbocycles. The number of aromatic nitrogens is 1. The van der Waals surface area contributed by atoms with Crippen molar-refractivity contribution in [1.82, 2.24) is 4.98 Å². The minimum Gasteiger partial charge on any atom is -0.263 e. The molecule has 2 aromatic carbocycles. The van der Waals surface area contributed by atoms with E-state index in [2.05, 4.69) is 21.8 Å². The van der Waals surface area contributed by atoms with Gasteiger partial charge in [0.2, 0.25) is 0 Å². The average Bonchev–Trinajstić information content (AvgIpc) is 2.61. The fourth-order valence-corrected chi connectivity index (χ4v) is 3.82. The van der Waals surface area contributed by atoms with Crippen LogP contribution < -0.4 is 4.72 Å². The van der Waals surface area contributed by atoms with E-state index in [0.29, 0.717) is 5.82 Å².